The predicted molar refractivity (Wildman–Crippen MR) is 91.6 cm³/mol. The van der Waals surface area contributed by atoms with Crippen molar-refractivity contribution in [1.82, 2.24) is 9.78 Å². The van der Waals surface area contributed by atoms with Crippen LogP contribution in [-0.4, -0.2) is 29.5 Å². The molecule has 1 aromatic carbocycles. The van der Waals surface area contributed by atoms with Crippen LogP contribution in [-0.2, 0) is 4.74 Å². The number of benzene rings is 1. The second-order valence-electron chi connectivity index (χ2n) is 7.26. The Hall–Kier alpha value is -2.06. The van der Waals surface area contributed by atoms with Gasteiger partial charge in [-0.2, -0.15) is 9.78 Å². The Balaban J connectivity index is 2.53. The number of hydrogen-bond donors (Lipinski definition) is 0. The van der Waals surface area contributed by atoms with Gasteiger partial charge in [0.1, 0.15) is 19.4 Å². The summed E-state index contributed by atoms with van der Waals surface area (Å²) in [6, 6.07) is 7.58. The van der Waals surface area contributed by atoms with Crippen LogP contribution in [0.4, 0.5) is 4.79 Å². The molecule has 0 atom stereocenters. The zero-order valence-electron chi connectivity index (χ0n) is 14.0. The Bertz CT molecular complexity index is 768. The third-order valence-electron chi connectivity index (χ3n) is 2.71. The first kappa shape index (κ1) is 16.3. The van der Waals surface area contributed by atoms with E-state index in [4.69, 9.17) is 4.74 Å². The van der Waals surface area contributed by atoms with Crippen LogP contribution in [0.25, 0.3) is 10.9 Å². The van der Waals surface area contributed by atoms with Gasteiger partial charge in [-0.25, -0.2) is 4.79 Å². The van der Waals surface area contributed by atoms with Crippen LogP contribution in [0, 0.1) is 11.5 Å². The lowest BCUT2D eigenvalue weighted by atomic mass is 10.2. The molecule has 0 radical (unpaired) electrons. The standard InChI is InChI=1S/C17H22N2O2Si/c1-17(2,3)21-16(20)19-15-10-8-7-9-13(15)14(18-19)11-12-22(4,5)6/h7-10H,1-6H3. The normalized spacial score (nSPS) is 11.9. The van der Waals surface area contributed by atoms with Gasteiger partial charge in [-0.3, -0.25) is 0 Å². The van der Waals surface area contributed by atoms with Crippen molar-refractivity contribution in [3.8, 4) is 11.5 Å². The van der Waals surface area contributed by atoms with Crippen molar-refractivity contribution in [3.05, 3.63) is 30.0 Å². The van der Waals surface area contributed by atoms with Gasteiger partial charge < -0.3 is 4.74 Å². The minimum Gasteiger partial charge on any atom is -0.442 e. The van der Waals surface area contributed by atoms with E-state index in [2.05, 4.69) is 36.2 Å². The molecule has 0 aliphatic rings. The first-order valence-corrected chi connectivity index (χ1v) is 10.8. The molecule has 0 saturated carbocycles. The molecule has 0 unspecified atom stereocenters. The second-order valence-corrected chi connectivity index (χ2v) is 12.0. The van der Waals surface area contributed by atoms with Gasteiger partial charge >= 0.3 is 6.09 Å². The summed E-state index contributed by atoms with van der Waals surface area (Å²) in [5.74, 6) is 3.14. The smallest absolute Gasteiger partial charge is 0.435 e. The average Bonchev–Trinajstić information content (AvgIpc) is 2.72. The molecule has 1 aromatic heterocycles. The van der Waals surface area contributed by atoms with Crippen molar-refractivity contribution in [1.29, 1.82) is 0 Å². The molecule has 4 nitrogen and oxygen atoms in total. The van der Waals surface area contributed by atoms with Crippen molar-refractivity contribution in [2.24, 2.45) is 0 Å². The summed E-state index contributed by atoms with van der Waals surface area (Å²) in [7, 11) is -1.51. The minimum absolute atomic E-state index is 0.482. The van der Waals surface area contributed by atoms with Crippen LogP contribution in [0.15, 0.2) is 24.3 Å². The van der Waals surface area contributed by atoms with Crippen molar-refractivity contribution >= 4 is 25.1 Å². The van der Waals surface area contributed by atoms with Crippen LogP contribution in [0.2, 0.25) is 19.6 Å². The van der Waals surface area contributed by atoms with Crippen LogP contribution >= 0.6 is 0 Å². The first-order chi connectivity index (χ1) is 10.1. The highest BCUT2D eigenvalue weighted by atomic mass is 28.3. The highest BCUT2D eigenvalue weighted by Gasteiger charge is 2.21. The number of carbonyl (C=O) groups is 1. The maximum absolute atomic E-state index is 12.3. The number of fused-ring (bicyclic) bond motifs is 1. The van der Waals surface area contributed by atoms with E-state index >= 15 is 0 Å². The van der Waals surface area contributed by atoms with Crippen molar-refractivity contribution in [2.45, 2.75) is 46.0 Å². The fourth-order valence-corrected chi connectivity index (χ4v) is 2.34. The monoisotopic (exact) mass is 314 g/mol. The lowest BCUT2D eigenvalue weighted by Gasteiger charge is -2.19. The van der Waals surface area contributed by atoms with E-state index in [0.29, 0.717) is 5.69 Å². The molecule has 0 N–H and O–H groups in total. The fraction of sp³-hybridized carbons (Fsp3) is 0.412. The molecule has 0 spiro atoms. The SMILES string of the molecule is CC(C)(C)OC(=O)n1nc(C#C[Si](C)(C)C)c2ccccc21. The van der Waals surface area contributed by atoms with E-state index in [1.165, 1.54) is 4.68 Å². The largest absolute Gasteiger partial charge is 0.442 e. The van der Waals surface area contributed by atoms with Crippen molar-refractivity contribution in [3.63, 3.8) is 0 Å². The molecule has 1 heterocycles. The van der Waals surface area contributed by atoms with Crippen molar-refractivity contribution < 1.29 is 9.53 Å². The van der Waals surface area contributed by atoms with Crippen molar-refractivity contribution in [2.75, 3.05) is 0 Å². The fourth-order valence-electron chi connectivity index (χ4n) is 1.85. The Kier molecular flexibility index (Phi) is 4.16. The molecular formula is C17H22N2O2Si. The molecule has 0 aliphatic heterocycles. The molecule has 116 valence electrons. The zero-order chi connectivity index (χ0) is 16.5. The maximum Gasteiger partial charge on any atom is 0.435 e. The molecule has 0 aliphatic carbocycles. The molecule has 2 aromatic rings. The number of para-hydroxylation sites is 1. The molecule has 0 saturated heterocycles. The van der Waals surface area contributed by atoms with Gasteiger partial charge in [0.25, 0.3) is 0 Å². The number of nitrogens with zero attached hydrogens (tertiary/aromatic N) is 2. The van der Waals surface area contributed by atoms with Gasteiger partial charge in [0, 0.05) is 5.39 Å². The highest BCUT2D eigenvalue weighted by Crippen LogP contribution is 2.19. The van der Waals surface area contributed by atoms with Gasteiger partial charge in [0.15, 0.2) is 0 Å². The average molecular weight is 314 g/mol. The molecule has 5 heteroatoms. The summed E-state index contributed by atoms with van der Waals surface area (Å²) in [4.78, 5) is 12.3. The summed E-state index contributed by atoms with van der Waals surface area (Å²) in [6.45, 7) is 12.0. The Labute approximate surface area is 132 Å². The number of carbonyl (C=O) groups excluding carboxylic acids is 1. The topological polar surface area (TPSA) is 44.1 Å². The van der Waals surface area contributed by atoms with Gasteiger partial charge in [0.05, 0.1) is 5.52 Å². The number of hydrogen-bond acceptors (Lipinski definition) is 3. The summed E-state index contributed by atoms with van der Waals surface area (Å²) in [5, 5.41) is 5.24. The first-order valence-electron chi connectivity index (χ1n) is 7.31. The Morgan fingerprint density at radius 2 is 1.86 bits per heavy atom. The molecular weight excluding hydrogens is 292 g/mol. The maximum atomic E-state index is 12.3. The van der Waals surface area contributed by atoms with Gasteiger partial charge in [0.2, 0.25) is 0 Å². The quantitative estimate of drug-likeness (QED) is 0.544. The summed E-state index contributed by atoms with van der Waals surface area (Å²) < 4.78 is 6.71. The van der Waals surface area contributed by atoms with Crippen LogP contribution in [0.3, 0.4) is 0 Å². The Morgan fingerprint density at radius 1 is 1.23 bits per heavy atom. The highest BCUT2D eigenvalue weighted by molar-refractivity contribution is 6.83. The van der Waals surface area contributed by atoms with Crippen LogP contribution in [0.1, 0.15) is 26.5 Å². The molecule has 22 heavy (non-hydrogen) atoms. The third-order valence-corrected chi connectivity index (χ3v) is 3.58. The molecule has 0 bridgehead atoms. The number of rotatable bonds is 0. The van der Waals surface area contributed by atoms with E-state index in [1.807, 2.05) is 45.0 Å². The van der Waals surface area contributed by atoms with Crippen LogP contribution < -0.4 is 0 Å². The van der Waals surface area contributed by atoms with E-state index in [0.717, 1.165) is 10.9 Å². The van der Waals surface area contributed by atoms with E-state index in [1.54, 1.807) is 0 Å². The van der Waals surface area contributed by atoms with Gasteiger partial charge in [-0.1, -0.05) is 37.7 Å². The molecule has 0 fully saturated rings. The number of aromatic nitrogens is 2. The summed E-state index contributed by atoms with van der Waals surface area (Å²) >= 11 is 0. The van der Waals surface area contributed by atoms with Crippen LogP contribution in [0.5, 0.6) is 0 Å². The molecule has 0 amide bonds. The molecule has 2 rings (SSSR count). The summed E-state index contributed by atoms with van der Waals surface area (Å²) in [5.41, 5.74) is 4.08. The van der Waals surface area contributed by atoms with E-state index in [9.17, 15) is 4.79 Å². The van der Waals surface area contributed by atoms with Gasteiger partial charge in [-0.05, 0) is 32.9 Å². The van der Waals surface area contributed by atoms with E-state index in [-0.39, 0.29) is 0 Å². The minimum atomic E-state index is -1.51. The van der Waals surface area contributed by atoms with E-state index < -0.39 is 19.8 Å². The third kappa shape index (κ3) is 3.98. The zero-order valence-corrected chi connectivity index (χ0v) is 15.0. The predicted octanol–water partition coefficient (Wildman–Crippen LogP) is 4.05. The lowest BCUT2D eigenvalue weighted by molar-refractivity contribution is 0.0522. The Morgan fingerprint density at radius 3 is 2.45 bits per heavy atom. The lowest BCUT2D eigenvalue weighted by Crippen LogP contribution is -2.27. The number of ether oxygens (including phenoxy) is 1. The summed E-state index contributed by atoms with van der Waals surface area (Å²) in [6.07, 6.45) is -0.482. The van der Waals surface area contributed by atoms with Gasteiger partial charge in [-0.15, -0.1) is 5.54 Å². The second kappa shape index (κ2) is 5.62.